The van der Waals surface area contributed by atoms with Crippen molar-refractivity contribution in [3.05, 3.63) is 168 Å². The molecule has 0 radical (unpaired) electrons. The van der Waals surface area contributed by atoms with E-state index in [0.29, 0.717) is 50.3 Å². The van der Waals surface area contributed by atoms with Crippen LogP contribution in [0.1, 0.15) is 120 Å². The smallest absolute Gasteiger partial charge is 0.330 e. The lowest BCUT2D eigenvalue weighted by molar-refractivity contribution is -0.147. The topological polar surface area (TPSA) is 118 Å². The Kier molecular flexibility index (Phi) is 28.1. The van der Waals surface area contributed by atoms with Crippen LogP contribution < -0.4 is 0 Å². The molecule has 0 spiro atoms. The number of rotatable bonds is 17. The fourth-order valence-electron chi connectivity index (χ4n) is 4.63. The van der Waals surface area contributed by atoms with Crippen LogP contribution in [0.3, 0.4) is 0 Å². The van der Waals surface area contributed by atoms with Gasteiger partial charge in [-0.05, 0) is 85.3 Å². The standard InChI is InChI=1S/C14H20O2.C12H14O2.C10H14.C8H8.C6H12O2.C4H6O2/c1-3-11(2)13-6-4-12(5-7-13)8-15-9-14-10-16-14;1-2-10-3-5-11(6-4-10)7-13-8-12-9-14-12;1-3-9(2)10-7-5-4-6-8-10;1-2-8-6-4-3-5-7-8;1-4-6(2,3)5(7)8;1-3(2)4(5)6/h4-7,11,14H,3,8-10H2,1-2H3;2-6,12H,1,7-9H2;4-9H,3H2,1-2H3;2-7H,1H2;4H2,1-3H3,(H,7,8);1H2,2H3,(H,5,6). The van der Waals surface area contributed by atoms with Crippen molar-refractivity contribution < 1.29 is 38.7 Å². The molecule has 4 aromatic rings. The second-order valence-electron chi connectivity index (χ2n) is 15.9. The Hall–Kier alpha value is -5.12. The summed E-state index contributed by atoms with van der Waals surface area (Å²) in [5.41, 5.74) is 7.24. The van der Waals surface area contributed by atoms with Crippen LogP contribution in [0.5, 0.6) is 0 Å². The number of carboxylic acid groups (broad SMARTS) is 2. The fourth-order valence-corrected chi connectivity index (χ4v) is 4.63. The van der Waals surface area contributed by atoms with Gasteiger partial charge >= 0.3 is 11.9 Å². The highest BCUT2D eigenvalue weighted by atomic mass is 16.6. The van der Waals surface area contributed by atoms with Crippen LogP contribution in [0.15, 0.2) is 135 Å². The van der Waals surface area contributed by atoms with Crippen LogP contribution in [0.2, 0.25) is 0 Å². The largest absolute Gasteiger partial charge is 0.481 e. The Balaban J connectivity index is 0.000000385. The van der Waals surface area contributed by atoms with Crippen LogP contribution in [0, 0.1) is 5.41 Å². The average molecular weight is 851 g/mol. The van der Waals surface area contributed by atoms with Crippen molar-refractivity contribution in [2.75, 3.05) is 26.4 Å². The number of hydrogen-bond donors (Lipinski definition) is 2. The van der Waals surface area contributed by atoms with Crippen molar-refractivity contribution in [3.8, 4) is 0 Å². The molecule has 2 fully saturated rings. The first-order chi connectivity index (χ1) is 29.6. The Morgan fingerprint density at radius 1 is 0.677 bits per heavy atom. The summed E-state index contributed by atoms with van der Waals surface area (Å²) in [5, 5.41) is 16.3. The van der Waals surface area contributed by atoms with Gasteiger partial charge < -0.3 is 29.2 Å². The van der Waals surface area contributed by atoms with E-state index in [9.17, 15) is 9.59 Å². The number of carbonyl (C=O) groups is 2. The third-order valence-corrected chi connectivity index (χ3v) is 10.2. The molecule has 0 saturated carbocycles. The molecule has 0 amide bonds. The minimum Gasteiger partial charge on any atom is -0.481 e. The zero-order valence-electron chi connectivity index (χ0n) is 38.7. The molecule has 2 heterocycles. The minimum atomic E-state index is -0.935. The van der Waals surface area contributed by atoms with Gasteiger partial charge in [-0.1, -0.05) is 176 Å². The summed E-state index contributed by atoms with van der Waals surface area (Å²) in [7, 11) is 0. The Bertz CT molecular complexity index is 1800. The zero-order chi connectivity index (χ0) is 46.3. The van der Waals surface area contributed by atoms with E-state index in [1.54, 1.807) is 13.8 Å². The molecule has 4 unspecified atom stereocenters. The molecule has 338 valence electrons. The normalized spacial score (nSPS) is 15.1. The van der Waals surface area contributed by atoms with Crippen molar-refractivity contribution in [3.63, 3.8) is 0 Å². The summed E-state index contributed by atoms with van der Waals surface area (Å²) >= 11 is 0. The van der Waals surface area contributed by atoms with Crippen LogP contribution >= 0.6 is 0 Å². The molecule has 2 N–H and O–H groups in total. The van der Waals surface area contributed by atoms with E-state index in [4.69, 9.17) is 29.2 Å². The van der Waals surface area contributed by atoms with Crippen molar-refractivity contribution in [1.82, 2.24) is 0 Å². The zero-order valence-corrected chi connectivity index (χ0v) is 38.7. The van der Waals surface area contributed by atoms with Gasteiger partial charge in [0.25, 0.3) is 0 Å². The highest BCUT2D eigenvalue weighted by molar-refractivity contribution is 5.84. The first kappa shape index (κ1) is 54.9. The number of hydrogen-bond acceptors (Lipinski definition) is 6. The molecular formula is C54H74O8. The summed E-state index contributed by atoms with van der Waals surface area (Å²) in [4.78, 5) is 19.9. The van der Waals surface area contributed by atoms with Gasteiger partial charge in [0.15, 0.2) is 0 Å². The lowest BCUT2D eigenvalue weighted by atomic mass is 9.91. The number of benzene rings is 4. The predicted molar refractivity (Wildman–Crippen MR) is 256 cm³/mol. The van der Waals surface area contributed by atoms with Crippen LogP contribution in [-0.2, 0) is 41.8 Å². The molecule has 62 heavy (non-hydrogen) atoms. The lowest BCUT2D eigenvalue weighted by Crippen LogP contribution is -2.21. The predicted octanol–water partition coefficient (Wildman–Crippen LogP) is 13.0. The van der Waals surface area contributed by atoms with Gasteiger partial charge in [0.2, 0.25) is 0 Å². The Morgan fingerprint density at radius 2 is 1.03 bits per heavy atom. The monoisotopic (exact) mass is 851 g/mol. The molecule has 8 nitrogen and oxygen atoms in total. The molecule has 2 aliphatic heterocycles. The van der Waals surface area contributed by atoms with Crippen LogP contribution in [0.4, 0.5) is 0 Å². The molecule has 2 aliphatic rings. The molecule has 0 bridgehead atoms. The van der Waals surface area contributed by atoms with Gasteiger partial charge in [-0.3, -0.25) is 4.79 Å². The van der Waals surface area contributed by atoms with Gasteiger partial charge in [-0.15, -0.1) is 0 Å². The van der Waals surface area contributed by atoms with E-state index in [1.807, 2.05) is 61.5 Å². The Morgan fingerprint density at radius 3 is 1.32 bits per heavy atom. The first-order valence-electron chi connectivity index (χ1n) is 21.6. The highest BCUT2D eigenvalue weighted by Crippen LogP contribution is 2.20. The van der Waals surface area contributed by atoms with E-state index >= 15 is 0 Å². The van der Waals surface area contributed by atoms with Gasteiger partial charge in [0.05, 0.1) is 45.1 Å². The summed E-state index contributed by atoms with van der Waals surface area (Å²) in [6.07, 6.45) is 7.48. The molecule has 0 aromatic heterocycles. The summed E-state index contributed by atoms with van der Waals surface area (Å²) < 4.78 is 21.1. The first-order valence-corrected chi connectivity index (χ1v) is 21.6. The van der Waals surface area contributed by atoms with Crippen LogP contribution in [0.25, 0.3) is 12.2 Å². The van der Waals surface area contributed by atoms with Gasteiger partial charge in [-0.25, -0.2) is 4.79 Å². The van der Waals surface area contributed by atoms with E-state index in [2.05, 4.69) is 114 Å². The van der Waals surface area contributed by atoms with E-state index in [-0.39, 0.29) is 5.57 Å². The quantitative estimate of drug-likeness (QED) is 0.0796. The number of epoxide rings is 2. The highest BCUT2D eigenvalue weighted by Gasteiger charge is 2.24. The molecule has 2 saturated heterocycles. The third-order valence-electron chi connectivity index (χ3n) is 10.2. The maximum absolute atomic E-state index is 10.3. The number of ether oxygens (including phenoxy) is 4. The molecule has 4 atom stereocenters. The van der Waals surface area contributed by atoms with Crippen molar-refractivity contribution in [1.29, 1.82) is 0 Å². The fraction of sp³-hybridized carbons (Fsp3) is 0.407. The van der Waals surface area contributed by atoms with E-state index < -0.39 is 17.4 Å². The van der Waals surface area contributed by atoms with E-state index in [0.717, 1.165) is 25.4 Å². The summed E-state index contributed by atoms with van der Waals surface area (Å²) in [6.45, 7) is 30.7. The summed E-state index contributed by atoms with van der Waals surface area (Å²) in [6, 6.07) is 37.6. The third kappa shape index (κ3) is 26.3. The summed E-state index contributed by atoms with van der Waals surface area (Å²) in [5.74, 6) is -0.300. The molecule has 0 aliphatic carbocycles. The average Bonchev–Trinajstić information content (AvgIpc) is 4.26. The maximum Gasteiger partial charge on any atom is 0.330 e. The second kappa shape index (κ2) is 31.7. The molecule has 8 heteroatoms. The minimum absolute atomic E-state index is 0.176. The van der Waals surface area contributed by atoms with Gasteiger partial charge in [0, 0.05) is 5.57 Å². The molecule has 4 aromatic carbocycles. The lowest BCUT2D eigenvalue weighted by Gasteiger charge is -2.14. The second-order valence-corrected chi connectivity index (χ2v) is 15.9. The molecule has 6 rings (SSSR count). The number of carboxylic acids is 2. The van der Waals surface area contributed by atoms with Crippen molar-refractivity contribution >= 4 is 24.1 Å². The van der Waals surface area contributed by atoms with Gasteiger partial charge in [-0.2, -0.15) is 0 Å². The van der Waals surface area contributed by atoms with Crippen molar-refractivity contribution in [2.24, 2.45) is 5.41 Å². The van der Waals surface area contributed by atoms with E-state index in [1.165, 1.54) is 47.6 Å². The SMILES string of the molecule is C=C(C)C(=O)O.C=Cc1ccc(COCC2CO2)cc1.C=Cc1ccccc1.CCC(C)(C)C(=O)O.CCC(C)c1ccc(COCC2CO2)cc1.CCC(C)c1ccccc1. The number of aliphatic carboxylic acids is 2. The van der Waals surface area contributed by atoms with Gasteiger partial charge in [0.1, 0.15) is 12.2 Å². The van der Waals surface area contributed by atoms with Crippen molar-refractivity contribution in [2.45, 2.75) is 112 Å². The Labute approximate surface area is 373 Å². The maximum atomic E-state index is 10.3. The molecular weight excluding hydrogens is 777 g/mol. The van der Waals surface area contributed by atoms with Crippen LogP contribution in [-0.4, -0.2) is 60.8 Å².